The van der Waals surface area contributed by atoms with Crippen LogP contribution in [0, 0.1) is 11.6 Å². The van der Waals surface area contributed by atoms with Gasteiger partial charge in [0.15, 0.2) is 11.6 Å². The van der Waals surface area contributed by atoms with Gasteiger partial charge in [0.2, 0.25) is 0 Å². The number of nitrogens with one attached hydrogen (secondary N) is 1. The van der Waals surface area contributed by atoms with E-state index in [4.69, 9.17) is 0 Å². The molecule has 0 aliphatic heterocycles. The monoisotopic (exact) mass is 297 g/mol. The van der Waals surface area contributed by atoms with Crippen LogP contribution >= 0.6 is 0 Å². The number of rotatable bonds is 10. The molecule has 0 bridgehead atoms. The number of amides is 1. The minimum atomic E-state index is -1.08. The average molecular weight is 297 g/mol. The Bertz CT molecular complexity index is 435. The maximum absolute atomic E-state index is 13.4. The van der Waals surface area contributed by atoms with Crippen LogP contribution in [0.15, 0.2) is 18.2 Å². The van der Waals surface area contributed by atoms with Gasteiger partial charge in [0.05, 0.1) is 5.56 Å². The largest absolute Gasteiger partial charge is 0.352 e. The third-order valence-corrected chi connectivity index (χ3v) is 3.51. The van der Waals surface area contributed by atoms with Crippen LogP contribution in [0.3, 0.4) is 0 Å². The van der Waals surface area contributed by atoms with Crippen LogP contribution in [-0.2, 0) is 0 Å². The smallest absolute Gasteiger partial charge is 0.254 e. The summed E-state index contributed by atoms with van der Waals surface area (Å²) in [6.07, 6.45) is 9.44. The Morgan fingerprint density at radius 1 is 1.00 bits per heavy atom. The summed E-state index contributed by atoms with van der Waals surface area (Å²) in [5.74, 6) is -2.62. The van der Waals surface area contributed by atoms with Gasteiger partial charge < -0.3 is 5.32 Å². The number of hydrogen-bond donors (Lipinski definition) is 1. The van der Waals surface area contributed by atoms with Gasteiger partial charge in [0.1, 0.15) is 0 Å². The van der Waals surface area contributed by atoms with Gasteiger partial charge in [-0.05, 0) is 18.6 Å². The highest BCUT2D eigenvalue weighted by Crippen LogP contribution is 2.11. The van der Waals surface area contributed by atoms with E-state index < -0.39 is 17.5 Å². The van der Waals surface area contributed by atoms with Crippen LogP contribution in [0.2, 0.25) is 0 Å². The molecule has 0 fully saturated rings. The Labute approximate surface area is 125 Å². The maximum atomic E-state index is 13.4. The van der Waals surface area contributed by atoms with Crippen LogP contribution in [0.1, 0.15) is 68.6 Å². The summed E-state index contributed by atoms with van der Waals surface area (Å²) in [6.45, 7) is 2.70. The second kappa shape index (κ2) is 10.3. The van der Waals surface area contributed by atoms with Crippen LogP contribution < -0.4 is 5.32 Å². The molecule has 0 aliphatic carbocycles. The molecule has 21 heavy (non-hydrogen) atoms. The molecule has 1 N–H and O–H groups in total. The van der Waals surface area contributed by atoms with E-state index >= 15 is 0 Å². The van der Waals surface area contributed by atoms with Gasteiger partial charge in [-0.15, -0.1) is 0 Å². The van der Waals surface area contributed by atoms with E-state index in [0.717, 1.165) is 25.3 Å². The quantitative estimate of drug-likeness (QED) is 0.615. The summed E-state index contributed by atoms with van der Waals surface area (Å²) in [4.78, 5) is 11.7. The molecule has 0 saturated heterocycles. The van der Waals surface area contributed by atoms with Crippen LogP contribution in [0.5, 0.6) is 0 Å². The highest BCUT2D eigenvalue weighted by molar-refractivity contribution is 5.94. The van der Waals surface area contributed by atoms with Crippen molar-refractivity contribution >= 4 is 5.91 Å². The average Bonchev–Trinajstić information content (AvgIpc) is 2.48. The maximum Gasteiger partial charge on any atom is 0.254 e. The standard InChI is InChI=1S/C17H25F2NO/c1-2-3-4-5-6-7-8-9-13-20-17(21)14-11-10-12-15(18)16(14)19/h10-12H,2-9,13H2,1H3,(H,20,21). The second-order valence-electron chi connectivity index (χ2n) is 5.33. The summed E-state index contributed by atoms with van der Waals surface area (Å²) in [5.41, 5.74) is -0.227. The van der Waals surface area contributed by atoms with Crippen molar-refractivity contribution < 1.29 is 13.6 Å². The molecule has 0 heterocycles. The first-order valence-corrected chi connectivity index (χ1v) is 7.89. The first-order chi connectivity index (χ1) is 10.2. The van der Waals surface area contributed by atoms with E-state index in [1.165, 1.54) is 44.2 Å². The van der Waals surface area contributed by atoms with E-state index in [-0.39, 0.29) is 5.56 Å². The van der Waals surface area contributed by atoms with E-state index in [2.05, 4.69) is 12.2 Å². The molecule has 0 saturated carbocycles. The zero-order valence-electron chi connectivity index (χ0n) is 12.8. The van der Waals surface area contributed by atoms with Crippen molar-refractivity contribution in [3.05, 3.63) is 35.4 Å². The van der Waals surface area contributed by atoms with Gasteiger partial charge in [-0.25, -0.2) is 8.78 Å². The zero-order chi connectivity index (χ0) is 15.5. The van der Waals surface area contributed by atoms with Gasteiger partial charge in [-0.1, -0.05) is 57.9 Å². The number of halogens is 2. The lowest BCUT2D eigenvalue weighted by atomic mass is 10.1. The van der Waals surface area contributed by atoms with Crippen molar-refractivity contribution in [3.63, 3.8) is 0 Å². The Kier molecular flexibility index (Phi) is 8.63. The van der Waals surface area contributed by atoms with Crippen LogP contribution in [-0.4, -0.2) is 12.5 Å². The zero-order valence-corrected chi connectivity index (χ0v) is 12.8. The lowest BCUT2D eigenvalue weighted by Crippen LogP contribution is -2.25. The molecular formula is C17H25F2NO. The van der Waals surface area contributed by atoms with Gasteiger partial charge in [0, 0.05) is 6.54 Å². The summed E-state index contributed by atoms with van der Waals surface area (Å²) < 4.78 is 26.4. The van der Waals surface area contributed by atoms with Crippen molar-refractivity contribution in [2.75, 3.05) is 6.54 Å². The predicted octanol–water partition coefficient (Wildman–Crippen LogP) is 4.84. The molecule has 1 aromatic rings. The number of carbonyl (C=O) groups excluding carboxylic acids is 1. The van der Waals surface area contributed by atoms with Gasteiger partial charge in [0.25, 0.3) is 5.91 Å². The minimum absolute atomic E-state index is 0.227. The highest BCUT2D eigenvalue weighted by atomic mass is 19.2. The SMILES string of the molecule is CCCCCCCCCCNC(=O)c1cccc(F)c1F. The highest BCUT2D eigenvalue weighted by Gasteiger charge is 2.14. The fraction of sp³-hybridized carbons (Fsp3) is 0.588. The van der Waals surface area contributed by atoms with Gasteiger partial charge >= 0.3 is 0 Å². The molecule has 0 spiro atoms. The number of hydrogen-bond acceptors (Lipinski definition) is 1. The minimum Gasteiger partial charge on any atom is -0.352 e. The van der Waals surface area contributed by atoms with E-state index in [9.17, 15) is 13.6 Å². The lowest BCUT2D eigenvalue weighted by molar-refractivity contribution is 0.0948. The lowest BCUT2D eigenvalue weighted by Gasteiger charge is -2.06. The van der Waals surface area contributed by atoms with Gasteiger partial charge in [-0.2, -0.15) is 0 Å². The predicted molar refractivity (Wildman–Crippen MR) is 81.3 cm³/mol. The van der Waals surface area contributed by atoms with Crippen molar-refractivity contribution in [1.29, 1.82) is 0 Å². The Morgan fingerprint density at radius 2 is 1.62 bits per heavy atom. The fourth-order valence-electron chi connectivity index (χ4n) is 2.24. The van der Waals surface area contributed by atoms with Crippen molar-refractivity contribution in [2.45, 2.75) is 58.3 Å². The molecule has 0 aliphatic rings. The molecule has 0 aromatic heterocycles. The van der Waals surface area contributed by atoms with Crippen molar-refractivity contribution in [3.8, 4) is 0 Å². The third kappa shape index (κ3) is 6.69. The molecule has 4 heteroatoms. The molecule has 1 rings (SSSR count). The number of benzene rings is 1. The molecular weight excluding hydrogens is 272 g/mol. The summed E-state index contributed by atoms with van der Waals surface area (Å²) in [6, 6.07) is 3.63. The summed E-state index contributed by atoms with van der Waals surface area (Å²) in [5, 5.41) is 2.63. The Morgan fingerprint density at radius 3 is 2.29 bits per heavy atom. The van der Waals surface area contributed by atoms with Crippen LogP contribution in [0.4, 0.5) is 8.78 Å². The first kappa shape index (κ1) is 17.6. The van der Waals surface area contributed by atoms with Crippen molar-refractivity contribution in [1.82, 2.24) is 5.32 Å². The Balaban J connectivity index is 2.13. The third-order valence-electron chi connectivity index (χ3n) is 3.51. The molecule has 118 valence electrons. The molecule has 1 amide bonds. The molecule has 1 aromatic carbocycles. The molecule has 0 atom stereocenters. The Hall–Kier alpha value is -1.45. The molecule has 0 radical (unpaired) electrons. The van der Waals surface area contributed by atoms with E-state index in [0.29, 0.717) is 6.54 Å². The molecule has 2 nitrogen and oxygen atoms in total. The topological polar surface area (TPSA) is 29.1 Å². The van der Waals surface area contributed by atoms with E-state index in [1.54, 1.807) is 0 Å². The normalized spacial score (nSPS) is 10.6. The van der Waals surface area contributed by atoms with Crippen molar-refractivity contribution in [2.24, 2.45) is 0 Å². The fourth-order valence-corrected chi connectivity index (χ4v) is 2.24. The summed E-state index contributed by atoms with van der Waals surface area (Å²) >= 11 is 0. The number of unbranched alkanes of at least 4 members (excludes halogenated alkanes) is 7. The van der Waals surface area contributed by atoms with Crippen LogP contribution in [0.25, 0.3) is 0 Å². The first-order valence-electron chi connectivity index (χ1n) is 7.89. The van der Waals surface area contributed by atoms with Gasteiger partial charge in [-0.3, -0.25) is 4.79 Å². The number of carbonyl (C=O) groups is 1. The van der Waals surface area contributed by atoms with E-state index in [1.807, 2.05) is 0 Å². The second-order valence-corrected chi connectivity index (χ2v) is 5.33. The summed E-state index contributed by atoms with van der Waals surface area (Å²) in [7, 11) is 0. The molecule has 0 unspecified atom stereocenters.